The van der Waals surface area contributed by atoms with Gasteiger partial charge in [-0.3, -0.25) is 4.79 Å². The maximum absolute atomic E-state index is 12.5. The molecule has 0 aliphatic heterocycles. The lowest BCUT2D eigenvalue weighted by Crippen LogP contribution is -2.16. The standard InChI is InChI=1S/C18H22N2O/c1-11(2)14-9-6-8-13(4)17(14)20-18(21)15-10-5-7-12(3)16(15)19/h5-11H,19H2,1-4H3,(H,20,21). The monoisotopic (exact) mass is 282 g/mol. The zero-order chi connectivity index (χ0) is 15.6. The Labute approximate surface area is 126 Å². The molecule has 0 radical (unpaired) electrons. The molecule has 0 unspecified atom stereocenters. The third kappa shape index (κ3) is 3.07. The fourth-order valence-electron chi connectivity index (χ4n) is 2.40. The van der Waals surface area contributed by atoms with E-state index in [1.807, 2.05) is 44.2 Å². The number of benzene rings is 2. The van der Waals surface area contributed by atoms with Crippen LogP contribution in [0.1, 0.15) is 46.8 Å². The number of para-hydroxylation sites is 2. The predicted molar refractivity (Wildman–Crippen MR) is 88.8 cm³/mol. The lowest BCUT2D eigenvalue weighted by atomic mass is 9.98. The van der Waals surface area contributed by atoms with Crippen LogP contribution in [0.3, 0.4) is 0 Å². The van der Waals surface area contributed by atoms with Crippen molar-refractivity contribution >= 4 is 17.3 Å². The first-order chi connectivity index (χ1) is 9.91. The smallest absolute Gasteiger partial charge is 0.257 e. The van der Waals surface area contributed by atoms with Crippen LogP contribution in [0.25, 0.3) is 0 Å². The molecule has 110 valence electrons. The lowest BCUT2D eigenvalue weighted by molar-refractivity contribution is 0.102. The summed E-state index contributed by atoms with van der Waals surface area (Å²) in [7, 11) is 0. The van der Waals surface area contributed by atoms with Crippen LogP contribution in [0.2, 0.25) is 0 Å². The molecule has 0 aliphatic rings. The summed E-state index contributed by atoms with van der Waals surface area (Å²) in [5.74, 6) is 0.183. The van der Waals surface area contributed by atoms with Crippen LogP contribution in [0.15, 0.2) is 36.4 Å². The lowest BCUT2D eigenvalue weighted by Gasteiger charge is -2.17. The zero-order valence-electron chi connectivity index (χ0n) is 13.0. The molecule has 0 saturated carbocycles. The van der Waals surface area contributed by atoms with E-state index in [1.165, 1.54) is 0 Å². The van der Waals surface area contributed by atoms with E-state index in [-0.39, 0.29) is 5.91 Å². The molecule has 0 fully saturated rings. The van der Waals surface area contributed by atoms with E-state index >= 15 is 0 Å². The Hall–Kier alpha value is -2.29. The number of amides is 1. The molecule has 0 aromatic heterocycles. The first-order valence-corrected chi connectivity index (χ1v) is 7.17. The van der Waals surface area contributed by atoms with Gasteiger partial charge in [0.25, 0.3) is 5.91 Å². The Morgan fingerprint density at radius 1 is 1.05 bits per heavy atom. The fourth-order valence-corrected chi connectivity index (χ4v) is 2.40. The summed E-state index contributed by atoms with van der Waals surface area (Å²) in [5.41, 5.74) is 11.1. The minimum atomic E-state index is -0.160. The van der Waals surface area contributed by atoms with E-state index in [1.54, 1.807) is 6.07 Å². The van der Waals surface area contributed by atoms with Gasteiger partial charge >= 0.3 is 0 Å². The van der Waals surface area contributed by atoms with Crippen molar-refractivity contribution in [1.82, 2.24) is 0 Å². The maximum Gasteiger partial charge on any atom is 0.257 e. The van der Waals surface area contributed by atoms with Gasteiger partial charge in [-0.15, -0.1) is 0 Å². The number of carbonyl (C=O) groups is 1. The molecule has 0 atom stereocenters. The number of nitrogens with two attached hydrogens (primary N) is 1. The third-order valence-corrected chi connectivity index (χ3v) is 3.73. The number of carbonyl (C=O) groups excluding carboxylic acids is 1. The first kappa shape index (κ1) is 15.1. The zero-order valence-corrected chi connectivity index (χ0v) is 13.0. The summed E-state index contributed by atoms with van der Waals surface area (Å²) in [6.45, 7) is 8.14. The molecule has 0 bridgehead atoms. The van der Waals surface area contributed by atoms with E-state index in [0.29, 0.717) is 17.2 Å². The average molecular weight is 282 g/mol. The van der Waals surface area contributed by atoms with Gasteiger partial charge in [0.05, 0.1) is 5.56 Å². The molecule has 1 amide bonds. The van der Waals surface area contributed by atoms with Crippen molar-refractivity contribution in [2.75, 3.05) is 11.1 Å². The minimum absolute atomic E-state index is 0.160. The van der Waals surface area contributed by atoms with Crippen LogP contribution in [0.5, 0.6) is 0 Å². The number of nitrogen functional groups attached to an aromatic ring is 1. The van der Waals surface area contributed by atoms with Crippen molar-refractivity contribution in [1.29, 1.82) is 0 Å². The van der Waals surface area contributed by atoms with Crippen LogP contribution >= 0.6 is 0 Å². The van der Waals surface area contributed by atoms with Crippen LogP contribution in [0.4, 0.5) is 11.4 Å². The number of anilines is 2. The van der Waals surface area contributed by atoms with Crippen LogP contribution in [-0.2, 0) is 0 Å². The molecule has 0 heterocycles. The van der Waals surface area contributed by atoms with Gasteiger partial charge in [0.1, 0.15) is 0 Å². The summed E-state index contributed by atoms with van der Waals surface area (Å²) < 4.78 is 0. The van der Waals surface area contributed by atoms with Crippen molar-refractivity contribution in [3.63, 3.8) is 0 Å². The summed E-state index contributed by atoms with van der Waals surface area (Å²) in [6.07, 6.45) is 0. The summed E-state index contributed by atoms with van der Waals surface area (Å²) >= 11 is 0. The highest BCUT2D eigenvalue weighted by Crippen LogP contribution is 2.28. The Morgan fingerprint density at radius 3 is 2.33 bits per heavy atom. The quantitative estimate of drug-likeness (QED) is 0.826. The van der Waals surface area contributed by atoms with E-state index in [0.717, 1.165) is 22.4 Å². The van der Waals surface area contributed by atoms with Crippen molar-refractivity contribution in [3.8, 4) is 0 Å². The Balaban J connectivity index is 2.39. The van der Waals surface area contributed by atoms with Crippen molar-refractivity contribution in [3.05, 3.63) is 58.7 Å². The Morgan fingerprint density at radius 2 is 1.67 bits per heavy atom. The van der Waals surface area contributed by atoms with Gasteiger partial charge in [0.15, 0.2) is 0 Å². The highest BCUT2D eigenvalue weighted by atomic mass is 16.1. The Bertz CT molecular complexity index is 675. The molecule has 0 spiro atoms. The molecule has 2 aromatic carbocycles. The second-order valence-corrected chi connectivity index (χ2v) is 5.68. The summed E-state index contributed by atoms with van der Waals surface area (Å²) in [4.78, 5) is 12.5. The fraction of sp³-hybridized carbons (Fsp3) is 0.278. The third-order valence-electron chi connectivity index (χ3n) is 3.73. The largest absolute Gasteiger partial charge is 0.398 e. The molecule has 3 nitrogen and oxygen atoms in total. The van der Waals surface area contributed by atoms with E-state index in [4.69, 9.17) is 5.73 Å². The number of hydrogen-bond donors (Lipinski definition) is 2. The topological polar surface area (TPSA) is 55.1 Å². The van der Waals surface area contributed by atoms with Gasteiger partial charge < -0.3 is 11.1 Å². The molecule has 21 heavy (non-hydrogen) atoms. The number of aryl methyl sites for hydroxylation is 2. The van der Waals surface area contributed by atoms with Gasteiger partial charge in [0.2, 0.25) is 0 Å². The van der Waals surface area contributed by atoms with E-state index in [2.05, 4.69) is 19.2 Å². The first-order valence-electron chi connectivity index (χ1n) is 7.17. The van der Waals surface area contributed by atoms with E-state index in [9.17, 15) is 4.79 Å². The van der Waals surface area contributed by atoms with Crippen molar-refractivity contribution < 1.29 is 4.79 Å². The van der Waals surface area contributed by atoms with Gasteiger partial charge in [0, 0.05) is 11.4 Å². The van der Waals surface area contributed by atoms with Crippen LogP contribution in [-0.4, -0.2) is 5.91 Å². The number of hydrogen-bond acceptors (Lipinski definition) is 2. The Kier molecular flexibility index (Phi) is 4.32. The number of nitrogens with one attached hydrogen (secondary N) is 1. The molecular formula is C18H22N2O. The van der Waals surface area contributed by atoms with Crippen molar-refractivity contribution in [2.24, 2.45) is 0 Å². The molecule has 3 heteroatoms. The molecule has 0 aliphatic carbocycles. The summed E-state index contributed by atoms with van der Waals surface area (Å²) in [6, 6.07) is 11.6. The normalized spacial score (nSPS) is 10.7. The van der Waals surface area contributed by atoms with Gasteiger partial charge in [-0.2, -0.15) is 0 Å². The molecule has 3 N–H and O–H groups in total. The maximum atomic E-state index is 12.5. The molecule has 2 aromatic rings. The predicted octanol–water partition coefficient (Wildman–Crippen LogP) is 4.26. The van der Waals surface area contributed by atoms with Crippen LogP contribution in [0, 0.1) is 13.8 Å². The van der Waals surface area contributed by atoms with Gasteiger partial charge in [-0.05, 0) is 42.5 Å². The second kappa shape index (κ2) is 6.00. The van der Waals surface area contributed by atoms with Crippen LogP contribution < -0.4 is 11.1 Å². The summed E-state index contributed by atoms with van der Waals surface area (Å²) in [5, 5.41) is 3.03. The molecule has 2 rings (SSSR count). The minimum Gasteiger partial charge on any atom is -0.398 e. The average Bonchev–Trinajstić information content (AvgIpc) is 2.43. The SMILES string of the molecule is Cc1cccc(C(=O)Nc2c(C)cccc2C(C)C)c1N. The highest BCUT2D eigenvalue weighted by Gasteiger charge is 2.15. The van der Waals surface area contributed by atoms with E-state index < -0.39 is 0 Å². The molecular weight excluding hydrogens is 260 g/mol. The van der Waals surface area contributed by atoms with Crippen molar-refractivity contribution in [2.45, 2.75) is 33.6 Å². The van der Waals surface area contributed by atoms with Gasteiger partial charge in [-0.25, -0.2) is 0 Å². The second-order valence-electron chi connectivity index (χ2n) is 5.68. The van der Waals surface area contributed by atoms with Gasteiger partial charge in [-0.1, -0.05) is 44.2 Å². The number of rotatable bonds is 3. The molecule has 0 saturated heterocycles. The highest BCUT2D eigenvalue weighted by molar-refractivity contribution is 6.08.